The second-order valence-electron chi connectivity index (χ2n) is 6.54. The summed E-state index contributed by atoms with van der Waals surface area (Å²) in [6.07, 6.45) is 3.72. The molecule has 1 unspecified atom stereocenters. The number of hydrogen-bond acceptors (Lipinski definition) is 5. The van der Waals surface area contributed by atoms with Gasteiger partial charge in [0.1, 0.15) is 6.61 Å². The number of rotatable bonds is 7. The quantitative estimate of drug-likeness (QED) is 0.779. The summed E-state index contributed by atoms with van der Waals surface area (Å²) < 4.78 is 16.5. The number of aromatic nitrogens is 1. The predicted molar refractivity (Wildman–Crippen MR) is 86.7 cm³/mol. The molecule has 1 atom stereocenters. The minimum atomic E-state index is -0.179. The van der Waals surface area contributed by atoms with E-state index in [9.17, 15) is 4.79 Å². The molecule has 1 saturated heterocycles. The highest BCUT2D eigenvalue weighted by Crippen LogP contribution is 2.12. The summed E-state index contributed by atoms with van der Waals surface area (Å²) in [5.74, 6) is 0.341. The molecule has 1 aliphatic heterocycles. The maximum atomic E-state index is 12.0. The van der Waals surface area contributed by atoms with E-state index in [2.05, 4.69) is 10.3 Å². The van der Waals surface area contributed by atoms with E-state index in [0.717, 1.165) is 19.4 Å². The fraction of sp³-hybridized carbons (Fsp3) is 0.647. The maximum absolute atomic E-state index is 12.0. The molecule has 0 radical (unpaired) electrons. The molecule has 128 valence electrons. The Labute approximate surface area is 137 Å². The van der Waals surface area contributed by atoms with Crippen LogP contribution in [-0.2, 0) is 9.47 Å². The van der Waals surface area contributed by atoms with Crippen molar-refractivity contribution in [2.45, 2.75) is 45.3 Å². The lowest BCUT2D eigenvalue weighted by Gasteiger charge is -2.19. The third-order valence-electron chi connectivity index (χ3n) is 3.38. The van der Waals surface area contributed by atoms with Crippen LogP contribution < -0.4 is 10.1 Å². The first-order valence-corrected chi connectivity index (χ1v) is 8.07. The Morgan fingerprint density at radius 1 is 1.39 bits per heavy atom. The molecule has 1 fully saturated rings. The molecule has 1 N–H and O–H groups in total. The van der Waals surface area contributed by atoms with Crippen LogP contribution in [-0.4, -0.2) is 49.0 Å². The van der Waals surface area contributed by atoms with Gasteiger partial charge in [-0.3, -0.25) is 4.79 Å². The molecular weight excluding hydrogens is 296 g/mol. The van der Waals surface area contributed by atoms with E-state index in [1.807, 2.05) is 20.8 Å². The third kappa shape index (κ3) is 6.54. The molecule has 2 rings (SSSR count). The van der Waals surface area contributed by atoms with Crippen molar-refractivity contribution in [2.24, 2.45) is 0 Å². The Morgan fingerprint density at radius 3 is 2.83 bits per heavy atom. The number of pyridine rings is 1. The van der Waals surface area contributed by atoms with Crippen LogP contribution in [0.4, 0.5) is 0 Å². The van der Waals surface area contributed by atoms with Gasteiger partial charge in [0.2, 0.25) is 5.88 Å². The van der Waals surface area contributed by atoms with E-state index < -0.39 is 0 Å². The smallest absolute Gasteiger partial charge is 0.252 e. The number of nitrogens with one attached hydrogen (secondary N) is 1. The van der Waals surface area contributed by atoms with Crippen LogP contribution in [0.2, 0.25) is 0 Å². The molecular formula is C17H26N2O4. The van der Waals surface area contributed by atoms with Crippen molar-refractivity contribution < 1.29 is 19.0 Å². The average molecular weight is 322 g/mol. The lowest BCUT2D eigenvalue weighted by molar-refractivity contribution is -0.0168. The molecule has 0 aromatic carbocycles. The predicted octanol–water partition coefficient (Wildman–Crippen LogP) is 2.18. The number of nitrogens with zero attached hydrogens (tertiary/aromatic N) is 1. The zero-order valence-electron chi connectivity index (χ0n) is 14.1. The fourth-order valence-electron chi connectivity index (χ4n) is 2.21. The molecule has 0 bridgehead atoms. The average Bonchev–Trinajstić information content (AvgIpc) is 3.02. The highest BCUT2D eigenvalue weighted by atomic mass is 16.5. The van der Waals surface area contributed by atoms with Gasteiger partial charge in [-0.25, -0.2) is 4.98 Å². The molecule has 23 heavy (non-hydrogen) atoms. The van der Waals surface area contributed by atoms with Crippen LogP contribution in [0.25, 0.3) is 0 Å². The number of hydrogen-bond donors (Lipinski definition) is 1. The van der Waals surface area contributed by atoms with Gasteiger partial charge in [0, 0.05) is 25.4 Å². The Balaban J connectivity index is 1.71. The van der Waals surface area contributed by atoms with Gasteiger partial charge in [0.15, 0.2) is 0 Å². The standard InChI is InChI=1S/C17H26N2O4/c1-17(2,3)23-10-9-22-15-7-6-13(11-18-15)16(20)19-12-14-5-4-8-21-14/h6-7,11,14H,4-5,8-10,12H2,1-3H3,(H,19,20). The van der Waals surface area contributed by atoms with Crippen molar-refractivity contribution in [3.8, 4) is 5.88 Å². The van der Waals surface area contributed by atoms with Crippen molar-refractivity contribution in [2.75, 3.05) is 26.4 Å². The Hall–Kier alpha value is -1.66. The normalized spacial score (nSPS) is 18.0. The molecule has 1 aromatic rings. The summed E-state index contributed by atoms with van der Waals surface area (Å²) in [5.41, 5.74) is 0.336. The van der Waals surface area contributed by atoms with Gasteiger partial charge >= 0.3 is 0 Å². The Kier molecular flexibility index (Phi) is 6.36. The molecule has 2 heterocycles. The van der Waals surface area contributed by atoms with Gasteiger partial charge in [0.25, 0.3) is 5.91 Å². The van der Waals surface area contributed by atoms with Gasteiger partial charge in [-0.2, -0.15) is 0 Å². The number of carbonyl (C=O) groups is 1. The van der Waals surface area contributed by atoms with Gasteiger partial charge in [0.05, 0.1) is 23.9 Å². The van der Waals surface area contributed by atoms with Gasteiger partial charge in [-0.1, -0.05) is 0 Å². The van der Waals surface area contributed by atoms with Gasteiger partial charge in [-0.05, 0) is 39.7 Å². The van der Waals surface area contributed by atoms with Gasteiger partial charge in [-0.15, -0.1) is 0 Å². The summed E-state index contributed by atoms with van der Waals surface area (Å²) >= 11 is 0. The van der Waals surface area contributed by atoms with E-state index in [0.29, 0.717) is 31.2 Å². The molecule has 0 saturated carbocycles. The summed E-state index contributed by atoms with van der Waals surface area (Å²) in [5, 5.41) is 2.86. The summed E-state index contributed by atoms with van der Waals surface area (Å²) in [6.45, 7) is 8.23. The topological polar surface area (TPSA) is 69.7 Å². The van der Waals surface area contributed by atoms with E-state index >= 15 is 0 Å². The lowest BCUT2D eigenvalue weighted by Crippen LogP contribution is -2.31. The SMILES string of the molecule is CC(C)(C)OCCOc1ccc(C(=O)NCC2CCCO2)cn1. The minimum Gasteiger partial charge on any atom is -0.475 e. The summed E-state index contributed by atoms with van der Waals surface area (Å²) in [6, 6.07) is 3.40. The first-order valence-electron chi connectivity index (χ1n) is 8.07. The van der Waals surface area contributed by atoms with Gasteiger partial charge < -0.3 is 19.5 Å². The third-order valence-corrected chi connectivity index (χ3v) is 3.38. The number of carbonyl (C=O) groups excluding carboxylic acids is 1. The summed E-state index contributed by atoms with van der Waals surface area (Å²) in [7, 11) is 0. The van der Waals surface area contributed by atoms with Crippen molar-refractivity contribution >= 4 is 5.91 Å². The highest BCUT2D eigenvalue weighted by Gasteiger charge is 2.16. The molecule has 6 nitrogen and oxygen atoms in total. The van der Waals surface area contributed by atoms with E-state index in [4.69, 9.17) is 14.2 Å². The van der Waals surface area contributed by atoms with E-state index in [1.54, 1.807) is 12.1 Å². The van der Waals surface area contributed by atoms with Crippen molar-refractivity contribution in [1.29, 1.82) is 0 Å². The highest BCUT2D eigenvalue weighted by molar-refractivity contribution is 5.93. The Bertz CT molecular complexity index is 490. The van der Waals surface area contributed by atoms with Crippen LogP contribution in [0.5, 0.6) is 5.88 Å². The first kappa shape index (κ1) is 17.7. The van der Waals surface area contributed by atoms with E-state index in [1.165, 1.54) is 6.20 Å². The zero-order chi connectivity index (χ0) is 16.7. The van der Waals surface area contributed by atoms with Crippen LogP contribution >= 0.6 is 0 Å². The second-order valence-corrected chi connectivity index (χ2v) is 6.54. The van der Waals surface area contributed by atoms with Crippen molar-refractivity contribution in [3.05, 3.63) is 23.9 Å². The van der Waals surface area contributed by atoms with Crippen LogP contribution in [0, 0.1) is 0 Å². The maximum Gasteiger partial charge on any atom is 0.252 e. The molecule has 1 aromatic heterocycles. The summed E-state index contributed by atoms with van der Waals surface area (Å²) in [4.78, 5) is 16.2. The lowest BCUT2D eigenvalue weighted by atomic mass is 10.2. The largest absolute Gasteiger partial charge is 0.475 e. The molecule has 6 heteroatoms. The molecule has 1 aliphatic rings. The minimum absolute atomic E-state index is 0.136. The van der Waals surface area contributed by atoms with Crippen molar-refractivity contribution in [1.82, 2.24) is 10.3 Å². The first-order chi connectivity index (χ1) is 10.9. The molecule has 1 amide bonds. The second kappa shape index (κ2) is 8.26. The van der Waals surface area contributed by atoms with E-state index in [-0.39, 0.29) is 17.6 Å². The zero-order valence-corrected chi connectivity index (χ0v) is 14.1. The molecule has 0 spiro atoms. The fourth-order valence-corrected chi connectivity index (χ4v) is 2.21. The van der Waals surface area contributed by atoms with Crippen LogP contribution in [0.3, 0.4) is 0 Å². The van der Waals surface area contributed by atoms with Crippen molar-refractivity contribution in [3.63, 3.8) is 0 Å². The van der Waals surface area contributed by atoms with Crippen LogP contribution in [0.1, 0.15) is 44.0 Å². The Morgan fingerprint density at radius 2 is 2.22 bits per heavy atom. The number of amides is 1. The van der Waals surface area contributed by atoms with Crippen LogP contribution in [0.15, 0.2) is 18.3 Å². The molecule has 0 aliphatic carbocycles. The number of ether oxygens (including phenoxy) is 3. The monoisotopic (exact) mass is 322 g/mol.